The molecule has 1 spiro atoms. The molecule has 2 heterocycles. The maximum Gasteiger partial charge on any atom is 0.257 e. The number of amides is 1. The van der Waals surface area contributed by atoms with Crippen LogP contribution in [0.15, 0.2) is 0 Å². The summed E-state index contributed by atoms with van der Waals surface area (Å²) in [5, 5.41) is 3.75. The van der Waals surface area contributed by atoms with Crippen LogP contribution >= 0.6 is 0 Å². The molecule has 2 aliphatic heterocycles. The van der Waals surface area contributed by atoms with E-state index in [0.29, 0.717) is 0 Å². The summed E-state index contributed by atoms with van der Waals surface area (Å²) in [6.45, 7) is 16.7. The van der Waals surface area contributed by atoms with E-state index < -0.39 is 5.60 Å². The van der Waals surface area contributed by atoms with Crippen LogP contribution in [0.25, 0.3) is 0 Å². The van der Waals surface area contributed by atoms with Crippen molar-refractivity contribution in [1.29, 1.82) is 0 Å². The summed E-state index contributed by atoms with van der Waals surface area (Å²) >= 11 is 0. The highest BCUT2D eigenvalue weighted by atomic mass is 16.5. The monoisotopic (exact) mass is 563 g/mol. The molecule has 0 radical (unpaired) electrons. The number of unbranched alkanes of at least 4 members (excludes halogenated alkanes) is 16. The smallest absolute Gasteiger partial charge is 0.257 e. The van der Waals surface area contributed by atoms with Gasteiger partial charge >= 0.3 is 0 Å². The quantitative estimate of drug-likeness (QED) is 0.133. The topological polar surface area (TPSA) is 41.6 Å². The Bertz CT molecular complexity index is 670. The maximum atomic E-state index is 14.0. The normalized spacial score (nSPS) is 21.6. The van der Waals surface area contributed by atoms with Crippen molar-refractivity contribution >= 4 is 5.91 Å². The van der Waals surface area contributed by atoms with E-state index in [1.54, 1.807) is 0 Å². The van der Waals surface area contributed by atoms with Crippen molar-refractivity contribution in [3.05, 3.63) is 0 Å². The zero-order valence-electron chi connectivity index (χ0n) is 28.2. The zero-order valence-corrected chi connectivity index (χ0v) is 28.2. The molecule has 2 saturated heterocycles. The minimum atomic E-state index is -0.657. The lowest BCUT2D eigenvalue weighted by atomic mass is 9.72. The molecular formula is C36H70N2O2. The van der Waals surface area contributed by atoms with Crippen LogP contribution < -0.4 is 5.32 Å². The van der Waals surface area contributed by atoms with Gasteiger partial charge in [0.2, 0.25) is 0 Å². The minimum Gasteiger partial charge on any atom is -0.342 e. The maximum absolute atomic E-state index is 14.0. The Kier molecular flexibility index (Phi) is 16.1. The van der Waals surface area contributed by atoms with Crippen LogP contribution in [-0.4, -0.2) is 40.3 Å². The molecule has 0 saturated carbocycles. The third kappa shape index (κ3) is 13.1. The lowest BCUT2D eigenvalue weighted by Crippen LogP contribution is -2.65. The molecule has 1 atom stereocenters. The van der Waals surface area contributed by atoms with Gasteiger partial charge in [0.1, 0.15) is 6.23 Å². The zero-order chi connectivity index (χ0) is 29.5. The van der Waals surface area contributed by atoms with Crippen LogP contribution in [0.5, 0.6) is 0 Å². The second-order valence-electron chi connectivity index (χ2n) is 15.3. The van der Waals surface area contributed by atoms with Gasteiger partial charge in [-0.05, 0) is 52.9 Å². The Morgan fingerprint density at radius 1 is 0.725 bits per heavy atom. The Hall–Kier alpha value is -0.610. The number of hydrogen-bond acceptors (Lipinski definition) is 3. The molecule has 1 N–H and O–H groups in total. The lowest BCUT2D eigenvalue weighted by molar-refractivity contribution is -0.147. The van der Waals surface area contributed by atoms with Crippen LogP contribution in [0.3, 0.4) is 0 Å². The van der Waals surface area contributed by atoms with Crippen molar-refractivity contribution in [2.75, 3.05) is 6.54 Å². The van der Waals surface area contributed by atoms with Crippen LogP contribution in [-0.2, 0) is 9.53 Å². The Labute approximate surface area is 250 Å². The summed E-state index contributed by atoms with van der Waals surface area (Å²) < 4.78 is 6.81. The lowest BCUT2D eigenvalue weighted by Gasteiger charge is -2.49. The van der Waals surface area contributed by atoms with E-state index in [9.17, 15) is 4.79 Å². The van der Waals surface area contributed by atoms with Crippen molar-refractivity contribution < 1.29 is 9.53 Å². The fraction of sp³-hybridized carbons (Fsp3) is 0.972. The van der Waals surface area contributed by atoms with E-state index in [-0.39, 0.29) is 23.2 Å². The third-order valence-corrected chi connectivity index (χ3v) is 9.23. The molecule has 0 aromatic heterocycles. The molecule has 40 heavy (non-hydrogen) atoms. The summed E-state index contributed by atoms with van der Waals surface area (Å²) in [6, 6.07) is 0. The summed E-state index contributed by atoms with van der Waals surface area (Å²) in [6.07, 6.45) is 28.1. The van der Waals surface area contributed by atoms with Gasteiger partial charge in [-0.3, -0.25) is 4.79 Å². The second kappa shape index (κ2) is 18.1. The minimum absolute atomic E-state index is 0.0410. The largest absolute Gasteiger partial charge is 0.342 e. The van der Waals surface area contributed by atoms with Gasteiger partial charge in [-0.25, -0.2) is 0 Å². The van der Waals surface area contributed by atoms with Crippen LogP contribution in [0.2, 0.25) is 0 Å². The highest BCUT2D eigenvalue weighted by Crippen LogP contribution is 2.45. The molecule has 1 amide bonds. The number of ether oxygens (including phenoxy) is 1. The third-order valence-electron chi connectivity index (χ3n) is 9.23. The van der Waals surface area contributed by atoms with Crippen LogP contribution in [0.1, 0.15) is 190 Å². The molecule has 2 rings (SSSR count). The first-order chi connectivity index (χ1) is 19.0. The first-order valence-electron chi connectivity index (χ1n) is 17.8. The summed E-state index contributed by atoms with van der Waals surface area (Å²) in [5.41, 5.74) is -0.871. The summed E-state index contributed by atoms with van der Waals surface area (Å²) in [7, 11) is 0. The van der Waals surface area contributed by atoms with Crippen molar-refractivity contribution in [1.82, 2.24) is 10.2 Å². The second-order valence-corrected chi connectivity index (χ2v) is 15.3. The van der Waals surface area contributed by atoms with Gasteiger partial charge in [-0.2, -0.15) is 0 Å². The number of hydrogen-bond donors (Lipinski definition) is 1. The Balaban J connectivity index is 1.68. The predicted octanol–water partition coefficient (Wildman–Crippen LogP) is 10.3. The first-order valence-corrected chi connectivity index (χ1v) is 17.8. The number of nitrogens with one attached hydrogen (secondary N) is 1. The molecular weight excluding hydrogens is 492 g/mol. The number of carbonyl (C=O) groups is 1. The Morgan fingerprint density at radius 2 is 1.18 bits per heavy atom. The molecule has 0 aromatic rings. The highest BCUT2D eigenvalue weighted by Gasteiger charge is 2.59. The number of nitrogens with zero attached hydrogens (tertiary/aromatic N) is 1. The SMILES string of the molecule is CCCCCCCCCCCCCCCCCCN1C(=O)C2(CC(C)(C)NC(C)(C)C2)OC1CCCCC(C)C. The number of carbonyl (C=O) groups excluding carboxylic acids is 1. The van der Waals surface area contributed by atoms with E-state index in [4.69, 9.17) is 4.74 Å². The van der Waals surface area contributed by atoms with Crippen LogP contribution in [0, 0.1) is 5.92 Å². The summed E-state index contributed by atoms with van der Waals surface area (Å²) in [4.78, 5) is 16.1. The van der Waals surface area contributed by atoms with E-state index in [1.807, 2.05) is 0 Å². The van der Waals surface area contributed by atoms with Gasteiger partial charge in [-0.15, -0.1) is 0 Å². The molecule has 0 bridgehead atoms. The van der Waals surface area contributed by atoms with Gasteiger partial charge in [0.05, 0.1) is 0 Å². The molecule has 4 heteroatoms. The highest BCUT2D eigenvalue weighted by molar-refractivity contribution is 5.87. The van der Waals surface area contributed by atoms with Crippen molar-refractivity contribution in [3.8, 4) is 0 Å². The van der Waals surface area contributed by atoms with E-state index in [0.717, 1.165) is 44.6 Å². The van der Waals surface area contributed by atoms with Crippen molar-refractivity contribution in [2.24, 2.45) is 5.92 Å². The summed E-state index contributed by atoms with van der Waals surface area (Å²) in [5.74, 6) is 1.01. The van der Waals surface area contributed by atoms with Gasteiger partial charge < -0.3 is 15.0 Å². The molecule has 4 nitrogen and oxygen atoms in total. The van der Waals surface area contributed by atoms with E-state index in [2.05, 4.69) is 58.7 Å². The molecule has 0 aromatic carbocycles. The van der Waals surface area contributed by atoms with Crippen molar-refractivity contribution in [2.45, 2.75) is 213 Å². The van der Waals surface area contributed by atoms with Gasteiger partial charge in [0, 0.05) is 30.5 Å². The van der Waals surface area contributed by atoms with Gasteiger partial charge in [0.25, 0.3) is 5.91 Å². The van der Waals surface area contributed by atoms with Gasteiger partial charge in [-0.1, -0.05) is 130 Å². The molecule has 2 fully saturated rings. The fourth-order valence-electron chi connectivity index (χ4n) is 7.66. The molecule has 0 aliphatic carbocycles. The van der Waals surface area contributed by atoms with Crippen LogP contribution in [0.4, 0.5) is 0 Å². The van der Waals surface area contributed by atoms with Gasteiger partial charge in [0.15, 0.2) is 5.60 Å². The molecule has 1 unspecified atom stereocenters. The fourth-order valence-corrected chi connectivity index (χ4v) is 7.66. The number of piperidine rings is 1. The average Bonchev–Trinajstić information content (AvgIpc) is 3.08. The van der Waals surface area contributed by atoms with E-state index in [1.165, 1.54) is 109 Å². The first kappa shape index (κ1) is 35.6. The molecule has 236 valence electrons. The number of rotatable bonds is 22. The Morgan fingerprint density at radius 3 is 1.62 bits per heavy atom. The van der Waals surface area contributed by atoms with Crippen molar-refractivity contribution in [3.63, 3.8) is 0 Å². The average molecular weight is 563 g/mol. The molecule has 2 aliphatic rings. The standard InChI is InChI=1S/C36H70N2O2/c1-8-9-10-11-12-13-14-15-16-17-18-19-20-21-22-25-28-38-32(27-24-23-26-31(2)3)40-36(33(38)39)29-34(4,5)37-35(6,7)30-36/h31-32,37H,8-30H2,1-7H3. The predicted molar refractivity (Wildman–Crippen MR) is 173 cm³/mol. The van der Waals surface area contributed by atoms with E-state index >= 15 is 0 Å².